The van der Waals surface area contributed by atoms with Crippen molar-refractivity contribution in [3.8, 4) is 5.75 Å². The second kappa shape index (κ2) is 8.14. The number of fused-ring (bicyclic) bond motifs is 1. The number of rotatable bonds is 4. The summed E-state index contributed by atoms with van der Waals surface area (Å²) in [5, 5.41) is 3.16. The maximum atomic E-state index is 12.8. The first kappa shape index (κ1) is 18.7. The number of carbonyl (C=O) groups is 1. The molecule has 7 nitrogen and oxygen atoms in total. The standard InChI is InChI=1S/C21H26N4O3/c1-14-5-3-7-17(19(14)27-2)20(26)23-16-6-4-9-25(12-16)21-22-11-15-13-28-10-8-18(15)24-21/h3,5,7,11,16H,4,6,8-10,12-13H2,1-2H3,(H,23,26)/t16-/m1/s1. The lowest BCUT2D eigenvalue weighted by atomic mass is 10.0. The van der Waals surface area contributed by atoms with E-state index < -0.39 is 0 Å². The Labute approximate surface area is 165 Å². The average Bonchev–Trinajstić information content (AvgIpc) is 2.73. The van der Waals surface area contributed by atoms with Crippen LogP contribution in [0.15, 0.2) is 24.4 Å². The molecule has 148 valence electrons. The van der Waals surface area contributed by atoms with Crippen LogP contribution in [0.1, 0.15) is 40.0 Å². The zero-order valence-electron chi connectivity index (χ0n) is 16.4. The van der Waals surface area contributed by atoms with Crippen molar-refractivity contribution in [3.05, 3.63) is 46.8 Å². The Bertz CT molecular complexity index is 871. The van der Waals surface area contributed by atoms with E-state index in [1.54, 1.807) is 13.2 Å². The Kier molecular flexibility index (Phi) is 5.43. The molecule has 3 heterocycles. The average molecular weight is 382 g/mol. The second-order valence-electron chi connectivity index (χ2n) is 7.36. The number of hydrogen-bond acceptors (Lipinski definition) is 6. The molecule has 2 aliphatic heterocycles. The van der Waals surface area contributed by atoms with E-state index in [4.69, 9.17) is 14.5 Å². The molecule has 1 aromatic heterocycles. The molecule has 1 fully saturated rings. The predicted molar refractivity (Wildman–Crippen MR) is 106 cm³/mol. The summed E-state index contributed by atoms with van der Waals surface area (Å²) in [6, 6.07) is 5.67. The van der Waals surface area contributed by atoms with Gasteiger partial charge in [-0.3, -0.25) is 4.79 Å². The molecule has 4 rings (SSSR count). The highest BCUT2D eigenvalue weighted by molar-refractivity contribution is 5.97. The number of aromatic nitrogens is 2. The minimum atomic E-state index is -0.101. The minimum Gasteiger partial charge on any atom is -0.496 e. The van der Waals surface area contributed by atoms with E-state index in [1.807, 2.05) is 25.3 Å². The number of benzene rings is 1. The minimum absolute atomic E-state index is 0.0504. The van der Waals surface area contributed by atoms with Gasteiger partial charge in [-0.2, -0.15) is 0 Å². The fraction of sp³-hybridized carbons (Fsp3) is 0.476. The first-order chi connectivity index (χ1) is 13.7. The number of aryl methyl sites for hydroxylation is 1. The Morgan fingerprint density at radius 2 is 2.29 bits per heavy atom. The molecule has 2 aliphatic rings. The van der Waals surface area contributed by atoms with Gasteiger partial charge >= 0.3 is 0 Å². The Balaban J connectivity index is 1.46. The topological polar surface area (TPSA) is 76.6 Å². The summed E-state index contributed by atoms with van der Waals surface area (Å²) >= 11 is 0. The molecule has 1 atom stereocenters. The van der Waals surface area contributed by atoms with E-state index in [1.165, 1.54) is 0 Å². The van der Waals surface area contributed by atoms with Crippen molar-refractivity contribution in [1.82, 2.24) is 15.3 Å². The lowest BCUT2D eigenvalue weighted by Crippen LogP contribution is -2.48. The lowest BCUT2D eigenvalue weighted by Gasteiger charge is -2.33. The van der Waals surface area contributed by atoms with Gasteiger partial charge in [-0.25, -0.2) is 9.97 Å². The van der Waals surface area contributed by atoms with Crippen molar-refractivity contribution in [2.24, 2.45) is 0 Å². The summed E-state index contributed by atoms with van der Waals surface area (Å²) in [4.78, 5) is 24.3. The van der Waals surface area contributed by atoms with E-state index in [0.29, 0.717) is 31.1 Å². The Morgan fingerprint density at radius 1 is 1.39 bits per heavy atom. The molecular weight excluding hydrogens is 356 g/mol. The number of piperidine rings is 1. The van der Waals surface area contributed by atoms with Gasteiger partial charge in [0.1, 0.15) is 5.75 Å². The number of carbonyl (C=O) groups excluding carboxylic acids is 1. The normalized spacial score (nSPS) is 19.1. The maximum absolute atomic E-state index is 12.8. The molecule has 1 N–H and O–H groups in total. The zero-order chi connectivity index (χ0) is 19.5. The van der Waals surface area contributed by atoms with Crippen molar-refractivity contribution in [2.45, 2.75) is 38.8 Å². The third kappa shape index (κ3) is 3.80. The van der Waals surface area contributed by atoms with Crippen molar-refractivity contribution in [2.75, 3.05) is 31.7 Å². The van der Waals surface area contributed by atoms with Crippen LogP contribution in [0.2, 0.25) is 0 Å². The predicted octanol–water partition coefficient (Wildman–Crippen LogP) is 2.27. The van der Waals surface area contributed by atoms with Crippen molar-refractivity contribution >= 4 is 11.9 Å². The second-order valence-corrected chi connectivity index (χ2v) is 7.36. The Hall–Kier alpha value is -2.67. The van der Waals surface area contributed by atoms with Gasteiger partial charge in [-0.15, -0.1) is 0 Å². The van der Waals surface area contributed by atoms with Crippen LogP contribution in [0.25, 0.3) is 0 Å². The highest BCUT2D eigenvalue weighted by Gasteiger charge is 2.25. The van der Waals surface area contributed by atoms with Crippen molar-refractivity contribution in [1.29, 1.82) is 0 Å². The fourth-order valence-electron chi connectivity index (χ4n) is 3.91. The Morgan fingerprint density at radius 3 is 3.14 bits per heavy atom. The summed E-state index contributed by atoms with van der Waals surface area (Å²) in [7, 11) is 1.60. The van der Waals surface area contributed by atoms with Gasteiger partial charge in [0.05, 0.1) is 31.6 Å². The number of nitrogens with one attached hydrogen (secondary N) is 1. The first-order valence-corrected chi connectivity index (χ1v) is 9.77. The molecule has 0 aliphatic carbocycles. The molecule has 7 heteroatoms. The summed E-state index contributed by atoms with van der Waals surface area (Å²) < 4.78 is 10.9. The van der Waals surface area contributed by atoms with Crippen molar-refractivity contribution in [3.63, 3.8) is 0 Å². The molecule has 0 bridgehead atoms. The molecule has 0 saturated carbocycles. The molecule has 1 saturated heterocycles. The smallest absolute Gasteiger partial charge is 0.255 e. The third-order valence-corrected chi connectivity index (χ3v) is 5.38. The molecular formula is C21H26N4O3. The molecule has 0 spiro atoms. The number of para-hydroxylation sites is 1. The van der Waals surface area contributed by atoms with Crippen molar-refractivity contribution < 1.29 is 14.3 Å². The summed E-state index contributed by atoms with van der Waals surface area (Å²) in [5.41, 5.74) is 3.67. The lowest BCUT2D eigenvalue weighted by molar-refractivity contribution is 0.0929. The van der Waals surface area contributed by atoms with Gasteiger partial charge in [0.2, 0.25) is 5.95 Å². The molecule has 0 radical (unpaired) electrons. The van der Waals surface area contributed by atoms with E-state index in [-0.39, 0.29) is 11.9 Å². The maximum Gasteiger partial charge on any atom is 0.255 e. The monoisotopic (exact) mass is 382 g/mol. The van der Waals surface area contributed by atoms with Crippen LogP contribution >= 0.6 is 0 Å². The summed E-state index contributed by atoms with van der Waals surface area (Å²) in [6.07, 6.45) is 4.62. The largest absolute Gasteiger partial charge is 0.496 e. The highest BCUT2D eigenvalue weighted by atomic mass is 16.5. The van der Waals surface area contributed by atoms with Crippen LogP contribution in [0.4, 0.5) is 5.95 Å². The highest BCUT2D eigenvalue weighted by Crippen LogP contribution is 2.24. The first-order valence-electron chi connectivity index (χ1n) is 9.77. The van der Waals surface area contributed by atoms with Gasteiger partial charge in [0.25, 0.3) is 5.91 Å². The molecule has 1 aromatic carbocycles. The van der Waals surface area contributed by atoms with Gasteiger partial charge in [0, 0.05) is 37.3 Å². The summed E-state index contributed by atoms with van der Waals surface area (Å²) in [5.74, 6) is 1.27. The van der Waals surface area contributed by atoms with E-state index in [2.05, 4.69) is 15.2 Å². The number of amides is 1. The zero-order valence-corrected chi connectivity index (χ0v) is 16.4. The third-order valence-electron chi connectivity index (χ3n) is 5.38. The van der Waals surface area contributed by atoms with Crippen LogP contribution in [0, 0.1) is 6.92 Å². The van der Waals surface area contributed by atoms with Gasteiger partial charge in [0.15, 0.2) is 0 Å². The van der Waals surface area contributed by atoms with Crippen LogP contribution in [0.5, 0.6) is 5.75 Å². The quantitative estimate of drug-likeness (QED) is 0.874. The molecule has 1 amide bonds. The number of ether oxygens (including phenoxy) is 2. The summed E-state index contributed by atoms with van der Waals surface area (Å²) in [6.45, 7) is 4.84. The van der Waals surface area contributed by atoms with Crippen LogP contribution in [0.3, 0.4) is 0 Å². The van der Waals surface area contributed by atoms with E-state index >= 15 is 0 Å². The molecule has 0 unspecified atom stereocenters. The number of hydrogen-bond donors (Lipinski definition) is 1. The van der Waals surface area contributed by atoms with E-state index in [9.17, 15) is 4.79 Å². The van der Waals surface area contributed by atoms with Gasteiger partial charge < -0.3 is 19.7 Å². The number of nitrogens with zero attached hydrogens (tertiary/aromatic N) is 3. The van der Waals surface area contributed by atoms with Crippen LogP contribution < -0.4 is 15.0 Å². The molecule has 2 aromatic rings. The fourth-order valence-corrected chi connectivity index (χ4v) is 3.91. The number of anilines is 1. The number of methoxy groups -OCH3 is 1. The van der Waals surface area contributed by atoms with Crippen LogP contribution in [-0.4, -0.2) is 48.7 Å². The van der Waals surface area contributed by atoms with Gasteiger partial charge in [-0.05, 0) is 31.4 Å². The van der Waals surface area contributed by atoms with Crippen LogP contribution in [-0.2, 0) is 17.8 Å². The SMILES string of the molecule is COc1c(C)cccc1C(=O)N[C@@H]1CCCN(c2ncc3c(n2)CCOC3)C1. The van der Waals surface area contributed by atoms with Gasteiger partial charge in [-0.1, -0.05) is 12.1 Å². The van der Waals surface area contributed by atoms with E-state index in [0.717, 1.165) is 48.6 Å². The molecule has 28 heavy (non-hydrogen) atoms.